The molecule has 0 aliphatic heterocycles. The minimum Gasteiger partial charge on any atom is -0.118 e. The highest BCUT2D eigenvalue weighted by Gasteiger charge is 1.90. The Bertz CT molecular complexity index is 388. The first-order chi connectivity index (χ1) is 7.58. The topological polar surface area (TPSA) is 77.3 Å². The molecule has 0 bridgehead atoms. The monoisotopic (exact) mass is 298 g/mol. The van der Waals surface area contributed by atoms with Crippen LogP contribution in [0.3, 0.4) is 0 Å². The van der Waals surface area contributed by atoms with E-state index < -0.39 is 0 Å². The first-order valence-corrected chi connectivity index (χ1v) is 5.12. The second-order valence-electron chi connectivity index (χ2n) is 2.16. The van der Waals surface area contributed by atoms with Crippen LogP contribution in [0.2, 0.25) is 20.6 Å². The summed E-state index contributed by atoms with van der Waals surface area (Å²) in [6.45, 7) is 0. The van der Waals surface area contributed by atoms with E-state index in [0.717, 1.165) is 0 Å². The summed E-state index contributed by atoms with van der Waals surface area (Å²) in [6.07, 6.45) is 0. The molecule has 0 aliphatic rings. The summed E-state index contributed by atoms with van der Waals surface area (Å²) >= 11 is 21.4. The first kappa shape index (κ1) is 13.2. The van der Waals surface area contributed by atoms with Gasteiger partial charge >= 0.3 is 0 Å². The van der Waals surface area contributed by atoms with Crippen LogP contribution >= 0.6 is 46.4 Å². The van der Waals surface area contributed by atoms with E-state index in [1.807, 2.05) is 0 Å². The van der Waals surface area contributed by atoms with Crippen LogP contribution in [0.5, 0.6) is 0 Å². The molecule has 2 aromatic heterocycles. The van der Waals surface area contributed by atoms with Gasteiger partial charge in [-0.3, -0.25) is 0 Å². The molecule has 2 heterocycles. The minimum atomic E-state index is 0.255. The van der Waals surface area contributed by atoms with Gasteiger partial charge in [0.25, 0.3) is 0 Å². The average Bonchev–Trinajstić information content (AvgIpc) is 2.17. The van der Waals surface area contributed by atoms with Gasteiger partial charge in [-0.1, -0.05) is 46.4 Å². The van der Waals surface area contributed by atoms with E-state index in [4.69, 9.17) is 46.4 Å². The molecule has 6 nitrogen and oxygen atoms in total. The molecular formula is C6H2Cl4N6. The van der Waals surface area contributed by atoms with Crippen molar-refractivity contribution in [2.24, 2.45) is 0 Å². The molecular weight excluding hydrogens is 298 g/mol. The lowest BCUT2D eigenvalue weighted by Gasteiger charge is -1.83. The van der Waals surface area contributed by atoms with Crippen LogP contribution in [0.4, 0.5) is 0 Å². The molecule has 0 aliphatic carbocycles. The van der Waals surface area contributed by atoms with Crippen LogP contribution in [0.25, 0.3) is 0 Å². The lowest BCUT2D eigenvalue weighted by atomic mass is 10.7. The van der Waals surface area contributed by atoms with Crippen LogP contribution in [0.1, 0.15) is 0 Å². The van der Waals surface area contributed by atoms with Gasteiger partial charge in [0, 0.05) is 12.1 Å². The number of aromatic nitrogens is 6. The molecule has 2 rings (SSSR count). The van der Waals surface area contributed by atoms with Crippen molar-refractivity contribution in [3.8, 4) is 0 Å². The molecule has 0 saturated carbocycles. The minimum absolute atomic E-state index is 0.255. The molecule has 2 aromatic rings. The van der Waals surface area contributed by atoms with E-state index in [2.05, 4.69) is 30.8 Å². The highest BCUT2D eigenvalue weighted by molar-refractivity contribution is 6.33. The average molecular weight is 300 g/mol. The van der Waals surface area contributed by atoms with Crippen LogP contribution in [-0.4, -0.2) is 30.8 Å². The summed E-state index contributed by atoms with van der Waals surface area (Å²) < 4.78 is 0. The summed E-state index contributed by atoms with van der Waals surface area (Å²) in [5, 5.41) is 20.9. The summed E-state index contributed by atoms with van der Waals surface area (Å²) in [7, 11) is 0. The van der Waals surface area contributed by atoms with Gasteiger partial charge in [-0.25, -0.2) is 0 Å². The standard InChI is InChI=1S/2C3HCl2N3/c2*4-2-1-3(5)7-8-6-2/h2*1H. The predicted octanol–water partition coefficient (Wildman–Crippen LogP) is 2.36. The fourth-order valence-electron chi connectivity index (χ4n) is 0.528. The molecule has 0 atom stereocenters. The maximum atomic E-state index is 5.35. The second-order valence-corrected chi connectivity index (χ2v) is 3.71. The van der Waals surface area contributed by atoms with Gasteiger partial charge in [-0.2, -0.15) is 0 Å². The summed E-state index contributed by atoms with van der Waals surface area (Å²) in [5.41, 5.74) is 0. The smallest absolute Gasteiger partial charge is 0.118 e. The van der Waals surface area contributed by atoms with Gasteiger partial charge in [0.2, 0.25) is 0 Å². The normalized spacial score (nSPS) is 9.25. The number of hydrogen-bond acceptors (Lipinski definition) is 6. The zero-order valence-corrected chi connectivity index (χ0v) is 10.4. The number of halogens is 4. The third-order valence-electron chi connectivity index (χ3n) is 1.04. The maximum Gasteiger partial charge on any atom is 0.156 e. The Kier molecular flexibility index (Phi) is 5.54. The zero-order chi connectivity index (χ0) is 12.0. The molecule has 0 fully saturated rings. The lowest BCUT2D eigenvalue weighted by molar-refractivity contribution is 0.866. The van der Waals surface area contributed by atoms with Crippen molar-refractivity contribution in [3.63, 3.8) is 0 Å². The van der Waals surface area contributed by atoms with Gasteiger partial charge in [0.05, 0.1) is 0 Å². The van der Waals surface area contributed by atoms with Crippen LogP contribution < -0.4 is 0 Å². The molecule has 0 N–H and O–H groups in total. The van der Waals surface area contributed by atoms with E-state index in [0.29, 0.717) is 0 Å². The Morgan fingerprint density at radius 3 is 0.938 bits per heavy atom. The molecule has 16 heavy (non-hydrogen) atoms. The summed E-state index contributed by atoms with van der Waals surface area (Å²) in [5.74, 6) is 0. The van der Waals surface area contributed by atoms with Gasteiger partial charge in [-0.05, 0) is 10.4 Å². The van der Waals surface area contributed by atoms with E-state index in [1.165, 1.54) is 12.1 Å². The summed E-state index contributed by atoms with van der Waals surface area (Å²) in [6, 6.07) is 2.83. The Hall–Kier alpha value is -0.820. The molecule has 0 aromatic carbocycles. The molecule has 0 amide bonds. The fourth-order valence-corrected chi connectivity index (χ4v) is 1.19. The van der Waals surface area contributed by atoms with Crippen molar-refractivity contribution in [2.45, 2.75) is 0 Å². The number of nitrogens with zero attached hydrogens (tertiary/aromatic N) is 6. The Morgan fingerprint density at radius 2 is 0.812 bits per heavy atom. The fraction of sp³-hybridized carbons (Fsp3) is 0. The van der Waals surface area contributed by atoms with E-state index >= 15 is 0 Å². The van der Waals surface area contributed by atoms with E-state index in [1.54, 1.807) is 0 Å². The van der Waals surface area contributed by atoms with Crippen LogP contribution in [-0.2, 0) is 0 Å². The van der Waals surface area contributed by atoms with Crippen molar-refractivity contribution in [2.75, 3.05) is 0 Å². The first-order valence-electron chi connectivity index (χ1n) is 3.61. The van der Waals surface area contributed by atoms with Crippen molar-refractivity contribution in [3.05, 3.63) is 32.7 Å². The van der Waals surface area contributed by atoms with Crippen molar-refractivity contribution in [1.29, 1.82) is 0 Å². The van der Waals surface area contributed by atoms with E-state index in [-0.39, 0.29) is 20.6 Å². The molecule has 84 valence electrons. The Morgan fingerprint density at radius 1 is 0.562 bits per heavy atom. The molecule has 0 unspecified atom stereocenters. The SMILES string of the molecule is Clc1cc(Cl)nnn1.Clc1cc(Cl)nnn1. The Labute approximate surface area is 110 Å². The van der Waals surface area contributed by atoms with Crippen molar-refractivity contribution < 1.29 is 0 Å². The van der Waals surface area contributed by atoms with Gasteiger partial charge in [0.15, 0.2) is 20.6 Å². The predicted molar refractivity (Wildman–Crippen MR) is 59.7 cm³/mol. The molecule has 0 radical (unpaired) electrons. The third-order valence-corrected chi connectivity index (χ3v) is 1.78. The van der Waals surface area contributed by atoms with Gasteiger partial charge in [0.1, 0.15) is 0 Å². The molecule has 0 saturated heterocycles. The number of rotatable bonds is 0. The largest absolute Gasteiger partial charge is 0.156 e. The van der Waals surface area contributed by atoms with Gasteiger partial charge in [-0.15, -0.1) is 20.4 Å². The zero-order valence-electron chi connectivity index (χ0n) is 7.35. The summed E-state index contributed by atoms with van der Waals surface area (Å²) in [4.78, 5) is 0. The highest BCUT2D eigenvalue weighted by atomic mass is 35.5. The Balaban J connectivity index is 0.000000160. The molecule has 0 spiro atoms. The van der Waals surface area contributed by atoms with E-state index in [9.17, 15) is 0 Å². The second kappa shape index (κ2) is 6.70. The van der Waals surface area contributed by atoms with Gasteiger partial charge < -0.3 is 0 Å². The highest BCUT2D eigenvalue weighted by Crippen LogP contribution is 2.06. The molecule has 10 heteroatoms. The van der Waals surface area contributed by atoms with Crippen LogP contribution in [0, 0.1) is 0 Å². The van der Waals surface area contributed by atoms with Crippen molar-refractivity contribution in [1.82, 2.24) is 30.8 Å². The lowest BCUT2D eigenvalue weighted by Crippen LogP contribution is -1.85. The van der Waals surface area contributed by atoms with Crippen LogP contribution in [0.15, 0.2) is 12.1 Å². The third kappa shape index (κ3) is 5.32. The van der Waals surface area contributed by atoms with Crippen molar-refractivity contribution >= 4 is 46.4 Å². The quantitative estimate of drug-likeness (QED) is 0.743. The maximum absolute atomic E-state index is 5.35. The number of hydrogen-bond donors (Lipinski definition) is 0.